The van der Waals surface area contributed by atoms with Gasteiger partial charge in [0.15, 0.2) is 0 Å². The van der Waals surface area contributed by atoms with Crippen molar-refractivity contribution in [1.82, 2.24) is 5.32 Å². The Bertz CT molecular complexity index is 280. The van der Waals surface area contributed by atoms with Gasteiger partial charge in [-0.25, -0.2) is 4.79 Å². The first-order chi connectivity index (χ1) is 9.16. The molecule has 0 aromatic rings. The second-order valence-corrected chi connectivity index (χ2v) is 4.65. The van der Waals surface area contributed by atoms with Gasteiger partial charge in [0.05, 0.1) is 0 Å². The summed E-state index contributed by atoms with van der Waals surface area (Å²) in [5, 5.41) is 19.3. The van der Waals surface area contributed by atoms with Crippen molar-refractivity contribution in [2.75, 3.05) is 0 Å². The lowest BCUT2D eigenvalue weighted by atomic mass is 10.0. The largest absolute Gasteiger partial charge is 1.04 e. The van der Waals surface area contributed by atoms with Crippen molar-refractivity contribution in [3.63, 3.8) is 0 Å². The number of hydrogen-bond acceptors (Lipinski definition) is 3. The number of carboxylic acids is 1. The van der Waals surface area contributed by atoms with Crippen LogP contribution in [-0.4, -0.2) is 49.9 Å². The number of halogens is 3. The molecule has 0 rings (SSSR count). The summed E-state index contributed by atoms with van der Waals surface area (Å²) in [7, 11) is 0. The van der Waals surface area contributed by atoms with Crippen LogP contribution >= 0.6 is 0 Å². The number of unbranched alkanes of at least 4 members (excludes halogenated alkanes) is 2. The van der Waals surface area contributed by atoms with E-state index in [4.69, 9.17) is 15.9 Å². The Labute approximate surface area is 121 Å². The predicted molar refractivity (Wildman–Crippen MR) is 68.4 cm³/mol. The topological polar surface area (TPSA) is 113 Å². The lowest BCUT2D eigenvalue weighted by Crippen LogP contribution is -2.45. The monoisotopic (exact) mass is 316 g/mol. The molecule has 10 heteroatoms. The molecule has 20 heavy (non-hydrogen) atoms. The van der Waals surface area contributed by atoms with Gasteiger partial charge in [0.1, 0.15) is 0 Å². The fourth-order valence-electron chi connectivity index (χ4n) is 1.44. The van der Waals surface area contributed by atoms with Crippen LogP contribution in [0, 0.1) is 0 Å². The molecule has 2 atom stereocenters. The third kappa shape index (κ3) is 19.4. The Morgan fingerprint density at radius 1 is 1.20 bits per heavy atom. The quantitative estimate of drug-likeness (QED) is 0.403. The van der Waals surface area contributed by atoms with E-state index in [9.17, 15) is 20.2 Å². The molecule has 0 aromatic heterocycles. The van der Waals surface area contributed by atoms with Crippen LogP contribution in [0.4, 0.5) is 15.4 Å². The number of hydrogen-bond donors (Lipinski definition) is 4. The third-order valence-corrected chi connectivity index (χ3v) is 2.35. The number of nitrogens with one attached hydrogen (secondary N) is 1. The zero-order valence-corrected chi connectivity index (χ0v) is 12.3. The lowest BCUT2D eigenvalue weighted by Gasteiger charge is -2.20. The Kier molecular flexibility index (Phi) is 13.9. The Morgan fingerprint density at radius 3 is 2.05 bits per heavy atom. The summed E-state index contributed by atoms with van der Waals surface area (Å²) in [6.45, 7) is 1.75. The highest BCUT2D eigenvalue weighted by atomic mass is 27.3. The SMILES string of the molecule is C[C@H](N)[C@@H](CCCCCC(=O)O)NC(=O)O.[F][Al]([F])[F]. The van der Waals surface area contributed by atoms with Gasteiger partial charge in [-0.15, -0.1) is 0 Å². The molecule has 0 saturated heterocycles. The van der Waals surface area contributed by atoms with E-state index in [0.29, 0.717) is 12.8 Å². The summed E-state index contributed by atoms with van der Waals surface area (Å²) in [4.78, 5) is 20.7. The molecule has 0 heterocycles. The van der Waals surface area contributed by atoms with Gasteiger partial charge in [0.2, 0.25) is 0 Å². The highest BCUT2D eigenvalue weighted by Gasteiger charge is 2.21. The summed E-state index contributed by atoms with van der Waals surface area (Å²) < 4.78 is 29.4. The number of rotatable bonds is 8. The summed E-state index contributed by atoms with van der Waals surface area (Å²) in [6.07, 6.45) is 1.90. The van der Waals surface area contributed by atoms with Gasteiger partial charge in [0.25, 0.3) is 0 Å². The second-order valence-electron chi connectivity index (χ2n) is 4.16. The van der Waals surface area contributed by atoms with Gasteiger partial charge in [0, 0.05) is 18.5 Å². The molecular weight excluding hydrogens is 296 g/mol. The Morgan fingerprint density at radius 2 is 1.70 bits per heavy atom. The normalized spacial score (nSPS) is 12.7. The van der Waals surface area contributed by atoms with E-state index in [1.807, 2.05) is 0 Å². The molecule has 0 spiro atoms. The van der Waals surface area contributed by atoms with Crippen LogP contribution in [0.15, 0.2) is 0 Å². The third-order valence-electron chi connectivity index (χ3n) is 2.35. The van der Waals surface area contributed by atoms with Gasteiger partial charge in [-0.05, 0) is 19.8 Å². The number of aliphatic carboxylic acids is 1. The zero-order valence-electron chi connectivity index (χ0n) is 11.2. The van der Waals surface area contributed by atoms with Crippen molar-refractivity contribution in [1.29, 1.82) is 0 Å². The van der Waals surface area contributed by atoms with Crippen molar-refractivity contribution in [2.24, 2.45) is 5.73 Å². The molecule has 1 amide bonds. The lowest BCUT2D eigenvalue weighted by molar-refractivity contribution is -0.137. The standard InChI is InChI=1S/C10H20N2O4.Al.3FH/c1-7(11)8(12-10(15)16)5-3-2-4-6-9(13)14;;;;/h7-8,12H,2-6,11H2,1H3,(H,13,14)(H,15,16);;3*1H/q;+3;;;/p-3/t7-,8+;;;;/m0..../s1. The van der Waals surface area contributed by atoms with E-state index in [0.717, 1.165) is 12.8 Å². The van der Waals surface area contributed by atoms with Crippen molar-refractivity contribution in [3.05, 3.63) is 0 Å². The minimum atomic E-state index is -4.64. The maximum absolute atomic E-state index is 10.4. The summed E-state index contributed by atoms with van der Waals surface area (Å²) in [5.74, 6) is -0.799. The highest BCUT2D eigenvalue weighted by Crippen LogP contribution is 2.07. The molecule has 0 fully saturated rings. The zero-order chi connectivity index (χ0) is 16.1. The summed E-state index contributed by atoms with van der Waals surface area (Å²) >= 11 is -4.64. The van der Waals surface area contributed by atoms with Gasteiger partial charge in [-0.1, -0.05) is 12.8 Å². The highest BCUT2D eigenvalue weighted by molar-refractivity contribution is 6.33. The first-order valence-electron chi connectivity index (χ1n) is 6.05. The van der Waals surface area contributed by atoms with E-state index in [1.54, 1.807) is 6.92 Å². The van der Waals surface area contributed by atoms with E-state index < -0.39 is 27.6 Å². The molecule has 0 unspecified atom stereocenters. The fraction of sp³-hybridized carbons (Fsp3) is 0.800. The predicted octanol–water partition coefficient (Wildman–Crippen LogP) is 1.88. The molecular formula is C10H20AlF3N2O4. The van der Waals surface area contributed by atoms with Crippen LogP contribution in [-0.2, 0) is 4.79 Å². The molecule has 0 bridgehead atoms. The number of nitrogens with two attached hydrogens (primary N) is 1. The van der Waals surface area contributed by atoms with Crippen LogP contribution in [0.1, 0.15) is 39.0 Å². The second kappa shape index (κ2) is 13.0. The maximum atomic E-state index is 10.4. The number of carboxylic acid groups (broad SMARTS) is 2. The molecule has 118 valence electrons. The van der Waals surface area contributed by atoms with Crippen LogP contribution in [0.25, 0.3) is 0 Å². The summed E-state index contributed by atoms with van der Waals surface area (Å²) in [6, 6.07) is -0.502. The summed E-state index contributed by atoms with van der Waals surface area (Å²) in [5.41, 5.74) is 5.63. The van der Waals surface area contributed by atoms with Gasteiger partial charge >= 0.3 is 27.6 Å². The molecule has 0 aromatic carbocycles. The molecule has 0 aliphatic rings. The number of carbonyl (C=O) groups is 2. The minimum absolute atomic E-state index is 0.162. The van der Waals surface area contributed by atoms with E-state index in [2.05, 4.69) is 5.32 Å². The van der Waals surface area contributed by atoms with Crippen LogP contribution < -0.4 is 11.1 Å². The van der Waals surface area contributed by atoms with E-state index in [1.165, 1.54) is 0 Å². The van der Waals surface area contributed by atoms with Crippen LogP contribution in [0.3, 0.4) is 0 Å². The van der Waals surface area contributed by atoms with Crippen LogP contribution in [0.2, 0.25) is 0 Å². The fourth-order valence-corrected chi connectivity index (χ4v) is 1.44. The molecule has 0 radical (unpaired) electrons. The smallest absolute Gasteiger partial charge is 0.481 e. The molecule has 0 aliphatic carbocycles. The van der Waals surface area contributed by atoms with Gasteiger partial charge in [-0.2, -0.15) is 0 Å². The average molecular weight is 316 g/mol. The van der Waals surface area contributed by atoms with Crippen molar-refractivity contribution < 1.29 is 30.4 Å². The molecule has 0 aliphatic heterocycles. The minimum Gasteiger partial charge on any atom is -0.481 e. The first kappa shape index (κ1) is 21.3. The van der Waals surface area contributed by atoms with Crippen molar-refractivity contribution in [3.8, 4) is 0 Å². The van der Waals surface area contributed by atoms with Gasteiger partial charge < -0.3 is 31.8 Å². The average Bonchev–Trinajstić information content (AvgIpc) is 2.25. The number of amides is 1. The first-order valence-corrected chi connectivity index (χ1v) is 7.36. The van der Waals surface area contributed by atoms with E-state index >= 15 is 0 Å². The van der Waals surface area contributed by atoms with E-state index in [-0.39, 0.29) is 18.5 Å². The molecule has 5 N–H and O–H groups in total. The van der Waals surface area contributed by atoms with Crippen molar-refractivity contribution >= 4 is 27.6 Å². The maximum Gasteiger partial charge on any atom is 1.04 e. The van der Waals surface area contributed by atoms with Gasteiger partial charge in [-0.3, -0.25) is 4.79 Å². The Hall–Kier alpha value is -0.978. The molecule has 6 nitrogen and oxygen atoms in total. The van der Waals surface area contributed by atoms with Crippen LogP contribution in [0.5, 0.6) is 0 Å². The Balaban J connectivity index is 0. The van der Waals surface area contributed by atoms with Crippen molar-refractivity contribution in [2.45, 2.75) is 51.1 Å². The molecule has 0 saturated carbocycles.